The lowest BCUT2D eigenvalue weighted by Crippen LogP contribution is -2.16. The summed E-state index contributed by atoms with van der Waals surface area (Å²) in [6.07, 6.45) is -0.346. The molecule has 1 radical (unpaired) electrons. The van der Waals surface area contributed by atoms with Gasteiger partial charge in [-0.15, -0.1) is 0 Å². The fourth-order valence-electron chi connectivity index (χ4n) is 3.63. The second-order valence-electron chi connectivity index (χ2n) is 6.92. The van der Waals surface area contributed by atoms with Crippen LogP contribution in [0.4, 0.5) is 4.39 Å². The summed E-state index contributed by atoms with van der Waals surface area (Å²) in [7, 11) is 0. The number of nitrogens with zero attached hydrogens (tertiary/aromatic N) is 1. The van der Waals surface area contributed by atoms with Crippen molar-refractivity contribution < 1.29 is 14.0 Å². The van der Waals surface area contributed by atoms with E-state index in [1.165, 1.54) is 12.1 Å². The zero-order valence-corrected chi connectivity index (χ0v) is 15.3. The molecule has 0 aliphatic carbocycles. The van der Waals surface area contributed by atoms with E-state index in [0.717, 1.165) is 32.9 Å². The van der Waals surface area contributed by atoms with Gasteiger partial charge in [0.15, 0.2) is 5.78 Å². The Balaban J connectivity index is 1.99. The zero-order chi connectivity index (χ0) is 19.8. The Morgan fingerprint density at radius 3 is 2.64 bits per heavy atom. The van der Waals surface area contributed by atoms with Gasteiger partial charge in [0, 0.05) is 22.9 Å². The highest BCUT2D eigenvalue weighted by atomic mass is 19.1. The van der Waals surface area contributed by atoms with Crippen molar-refractivity contribution in [1.82, 2.24) is 4.57 Å². The normalized spacial score (nSPS) is 11.2. The van der Waals surface area contributed by atoms with E-state index in [4.69, 9.17) is 5.73 Å². The molecule has 0 saturated carbocycles. The van der Waals surface area contributed by atoms with Gasteiger partial charge in [0.25, 0.3) is 0 Å². The molecule has 0 spiro atoms. The number of hydrogen-bond acceptors (Lipinski definition) is 2. The molecule has 0 atom stereocenters. The lowest BCUT2D eigenvalue weighted by Gasteiger charge is -2.09. The monoisotopic (exact) mass is 373 g/mol. The van der Waals surface area contributed by atoms with Crippen molar-refractivity contribution in [2.75, 3.05) is 0 Å². The maximum absolute atomic E-state index is 13.7. The molecular weight excluding hydrogens is 355 g/mol. The summed E-state index contributed by atoms with van der Waals surface area (Å²) in [4.78, 5) is 23.9. The van der Waals surface area contributed by atoms with E-state index >= 15 is 0 Å². The second kappa shape index (κ2) is 6.93. The molecule has 0 unspecified atom stereocenters. The number of carbonyl (C=O) groups is 2. The van der Waals surface area contributed by atoms with Crippen LogP contribution in [0.1, 0.15) is 27.9 Å². The number of aryl methyl sites for hydroxylation is 1. The van der Waals surface area contributed by atoms with Gasteiger partial charge >= 0.3 is 0 Å². The van der Waals surface area contributed by atoms with E-state index in [-0.39, 0.29) is 18.0 Å². The molecular formula is C23H18FN2O2. The van der Waals surface area contributed by atoms with Crippen LogP contribution in [0.3, 0.4) is 0 Å². The fraction of sp³-hybridized carbons (Fsp3) is 0.130. The highest BCUT2D eigenvalue weighted by Gasteiger charge is 2.19. The molecule has 0 bridgehead atoms. The molecule has 4 nitrogen and oxygen atoms in total. The van der Waals surface area contributed by atoms with E-state index in [9.17, 15) is 14.0 Å². The molecule has 4 aromatic rings. The molecule has 0 fully saturated rings. The average Bonchev–Trinajstić information content (AvgIpc) is 2.94. The van der Waals surface area contributed by atoms with E-state index in [1.54, 1.807) is 18.2 Å². The first-order valence-electron chi connectivity index (χ1n) is 8.93. The summed E-state index contributed by atoms with van der Waals surface area (Å²) in [5.74, 6) is -1.28. The van der Waals surface area contributed by atoms with Crippen molar-refractivity contribution in [3.8, 4) is 0 Å². The van der Waals surface area contributed by atoms with E-state index in [0.29, 0.717) is 12.1 Å². The number of benzene rings is 3. The number of halogens is 1. The van der Waals surface area contributed by atoms with Crippen LogP contribution < -0.4 is 5.73 Å². The number of rotatable bonds is 5. The molecule has 0 aliphatic rings. The summed E-state index contributed by atoms with van der Waals surface area (Å²) in [5.41, 5.74) is 9.24. The molecule has 2 N–H and O–H groups in total. The Bertz CT molecular complexity index is 1240. The third-order valence-corrected chi connectivity index (χ3v) is 4.80. The van der Waals surface area contributed by atoms with Crippen molar-refractivity contribution in [3.05, 3.63) is 83.2 Å². The Morgan fingerprint density at radius 1 is 1.11 bits per heavy atom. The zero-order valence-electron chi connectivity index (χ0n) is 15.3. The van der Waals surface area contributed by atoms with Gasteiger partial charge in [-0.05, 0) is 48.4 Å². The molecule has 4 rings (SSSR count). The largest absolute Gasteiger partial charge is 0.369 e. The maximum atomic E-state index is 13.7. The average molecular weight is 373 g/mol. The number of carbonyl (C=O) groups excluding carboxylic acids is 2. The van der Waals surface area contributed by atoms with Crippen molar-refractivity contribution in [2.24, 2.45) is 5.73 Å². The minimum atomic E-state index is -0.662. The van der Waals surface area contributed by atoms with Crippen LogP contribution in [0, 0.1) is 18.8 Å². The third-order valence-electron chi connectivity index (χ3n) is 4.80. The lowest BCUT2D eigenvalue weighted by molar-refractivity contribution is -0.117. The van der Waals surface area contributed by atoms with E-state index in [1.807, 2.05) is 35.8 Å². The number of Topliss-reactive ketones (excluding diaryl/α,β-unsaturated/α-hetero) is 1. The van der Waals surface area contributed by atoms with Crippen LogP contribution in [0.5, 0.6) is 0 Å². The predicted molar refractivity (Wildman–Crippen MR) is 107 cm³/mol. The summed E-state index contributed by atoms with van der Waals surface area (Å²) in [6.45, 7) is 2.42. The minimum Gasteiger partial charge on any atom is -0.369 e. The molecule has 0 saturated heterocycles. The number of amides is 1. The number of aromatic nitrogens is 1. The van der Waals surface area contributed by atoms with Gasteiger partial charge in [0.1, 0.15) is 5.82 Å². The summed E-state index contributed by atoms with van der Waals surface area (Å²) >= 11 is 0. The number of fused-ring (bicyclic) bond motifs is 3. The summed E-state index contributed by atoms with van der Waals surface area (Å²) < 4.78 is 15.7. The lowest BCUT2D eigenvalue weighted by atomic mass is 10.0. The first-order chi connectivity index (χ1) is 13.4. The van der Waals surface area contributed by atoms with Crippen molar-refractivity contribution in [3.63, 3.8) is 0 Å². The molecule has 5 heteroatoms. The Morgan fingerprint density at radius 2 is 1.89 bits per heavy atom. The molecule has 28 heavy (non-hydrogen) atoms. The van der Waals surface area contributed by atoms with Crippen LogP contribution >= 0.6 is 0 Å². The highest BCUT2D eigenvalue weighted by molar-refractivity contribution is 6.21. The van der Waals surface area contributed by atoms with Crippen LogP contribution in [-0.2, 0) is 11.3 Å². The smallest absolute Gasteiger partial charge is 0.225 e. The number of hydrogen-bond donors (Lipinski definition) is 1. The van der Waals surface area contributed by atoms with Crippen LogP contribution in [-0.4, -0.2) is 16.3 Å². The number of nitrogens with two attached hydrogens (primary N) is 1. The second-order valence-corrected chi connectivity index (χ2v) is 6.92. The summed E-state index contributed by atoms with van der Waals surface area (Å²) in [6, 6.07) is 19.0. The fourth-order valence-corrected chi connectivity index (χ4v) is 3.63. The molecule has 0 aliphatic heterocycles. The minimum absolute atomic E-state index is 0.293. The van der Waals surface area contributed by atoms with Gasteiger partial charge in [-0.2, -0.15) is 0 Å². The van der Waals surface area contributed by atoms with Crippen molar-refractivity contribution >= 4 is 33.5 Å². The standard InChI is InChI=1S/C23H18FN2O2/c1-14-8-9-17-20(10-14)26(13-15-4-2-5-16(24)11-15)19-7-3-6-18(23(17)19)21(27)12-22(25)28/h2-8,10-11H,12-13H2,1H3,(H2,25,28). The molecule has 1 amide bonds. The van der Waals surface area contributed by atoms with Crippen molar-refractivity contribution in [1.29, 1.82) is 0 Å². The van der Waals surface area contributed by atoms with Crippen LogP contribution in [0.15, 0.2) is 54.6 Å². The molecule has 139 valence electrons. The van der Waals surface area contributed by atoms with Gasteiger partial charge in [0.2, 0.25) is 5.91 Å². The Labute approximate surface area is 161 Å². The quantitative estimate of drug-likeness (QED) is 0.422. The maximum Gasteiger partial charge on any atom is 0.225 e. The van der Waals surface area contributed by atoms with Crippen LogP contribution in [0.25, 0.3) is 21.8 Å². The first kappa shape index (κ1) is 17.9. The Kier molecular flexibility index (Phi) is 4.43. The van der Waals surface area contributed by atoms with Crippen LogP contribution in [0.2, 0.25) is 0 Å². The van der Waals surface area contributed by atoms with Gasteiger partial charge in [-0.3, -0.25) is 9.59 Å². The molecule has 1 aromatic heterocycles. The summed E-state index contributed by atoms with van der Waals surface area (Å²) in [5, 5.41) is 1.53. The first-order valence-corrected chi connectivity index (χ1v) is 8.93. The SMILES string of the molecule is Cc1c[c]c2c3c(C(=O)CC(N)=O)cccc3n(Cc3cccc(F)c3)c2c1. The van der Waals surface area contributed by atoms with E-state index in [2.05, 4.69) is 6.07 Å². The molecule has 3 aromatic carbocycles. The van der Waals surface area contributed by atoms with Gasteiger partial charge < -0.3 is 10.3 Å². The third kappa shape index (κ3) is 3.16. The topological polar surface area (TPSA) is 65.1 Å². The van der Waals surface area contributed by atoms with E-state index < -0.39 is 5.91 Å². The van der Waals surface area contributed by atoms with Gasteiger partial charge in [0.05, 0.1) is 17.5 Å². The predicted octanol–water partition coefficient (Wildman–Crippen LogP) is 4.15. The number of ketones is 1. The number of primary amides is 1. The highest BCUT2D eigenvalue weighted by Crippen LogP contribution is 2.33. The Hall–Kier alpha value is -3.47. The van der Waals surface area contributed by atoms with Gasteiger partial charge in [-0.25, -0.2) is 4.39 Å². The van der Waals surface area contributed by atoms with Crippen molar-refractivity contribution in [2.45, 2.75) is 19.9 Å². The van der Waals surface area contributed by atoms with Gasteiger partial charge in [-0.1, -0.05) is 30.3 Å². The molecule has 1 heterocycles.